The third-order valence-electron chi connectivity index (χ3n) is 1.67. The lowest BCUT2D eigenvalue weighted by atomic mass is 10.1. The lowest BCUT2D eigenvalue weighted by molar-refractivity contribution is -0.147. The minimum atomic E-state index is -1.43. The molecular weight excluding hydrogens is 188 g/mol. The molecule has 1 unspecified atom stereocenters. The van der Waals surface area contributed by atoms with Crippen LogP contribution < -0.4 is 0 Å². The number of benzene rings is 1. The van der Waals surface area contributed by atoms with Crippen LogP contribution in [0.2, 0.25) is 0 Å². The van der Waals surface area contributed by atoms with E-state index in [0.717, 1.165) is 4.90 Å². The first kappa shape index (κ1) is 10.1. The van der Waals surface area contributed by atoms with Crippen LogP contribution in [0.3, 0.4) is 0 Å². The highest BCUT2D eigenvalue weighted by Gasteiger charge is 2.18. The van der Waals surface area contributed by atoms with Crippen LogP contribution in [-0.2, 0) is 4.79 Å². The fourth-order valence-corrected chi connectivity index (χ4v) is 1.66. The smallest absolute Gasteiger partial charge is 0.337 e. The average Bonchev–Trinajstić information content (AvgIpc) is 2.16. The molecule has 2 N–H and O–H groups in total. The van der Waals surface area contributed by atoms with Gasteiger partial charge in [-0.2, -0.15) is 0 Å². The normalized spacial score (nSPS) is 12.5. The van der Waals surface area contributed by atoms with Crippen molar-refractivity contribution < 1.29 is 15.0 Å². The highest BCUT2D eigenvalue weighted by atomic mass is 32.2. The van der Waals surface area contributed by atoms with Gasteiger partial charge in [0, 0.05) is 10.5 Å². The van der Waals surface area contributed by atoms with Gasteiger partial charge >= 0.3 is 5.97 Å². The number of hydrogen-bond donors (Lipinski definition) is 2. The fourth-order valence-electron chi connectivity index (χ4n) is 1.03. The predicted molar refractivity (Wildman–Crippen MR) is 50.8 cm³/mol. The van der Waals surface area contributed by atoms with E-state index in [0.29, 0.717) is 5.56 Å². The zero-order valence-electron chi connectivity index (χ0n) is 7.10. The third kappa shape index (κ3) is 2.23. The van der Waals surface area contributed by atoms with Crippen LogP contribution in [-0.4, -0.2) is 22.4 Å². The molecule has 0 aliphatic rings. The first-order chi connectivity index (χ1) is 6.16. The molecule has 0 radical (unpaired) electrons. The second kappa shape index (κ2) is 4.30. The largest absolute Gasteiger partial charge is 0.479 e. The molecule has 4 heteroatoms. The van der Waals surface area contributed by atoms with Gasteiger partial charge in [0.15, 0.2) is 6.10 Å². The Morgan fingerprint density at radius 3 is 2.62 bits per heavy atom. The molecule has 3 nitrogen and oxygen atoms in total. The van der Waals surface area contributed by atoms with Crippen molar-refractivity contribution in [2.45, 2.75) is 11.0 Å². The van der Waals surface area contributed by atoms with E-state index in [2.05, 4.69) is 0 Å². The summed E-state index contributed by atoms with van der Waals surface area (Å²) >= 11 is 1.42. The van der Waals surface area contributed by atoms with Crippen LogP contribution >= 0.6 is 11.8 Å². The fraction of sp³-hybridized carbons (Fsp3) is 0.222. The Labute approximate surface area is 80.4 Å². The molecular formula is C9H10O3S. The number of carbonyl (C=O) groups is 1. The van der Waals surface area contributed by atoms with Gasteiger partial charge in [0.1, 0.15) is 0 Å². The molecule has 13 heavy (non-hydrogen) atoms. The van der Waals surface area contributed by atoms with E-state index in [1.165, 1.54) is 11.8 Å². The molecule has 0 aliphatic heterocycles. The summed E-state index contributed by atoms with van der Waals surface area (Å²) < 4.78 is 0. The number of thioether (sulfide) groups is 1. The van der Waals surface area contributed by atoms with Gasteiger partial charge in [-0.25, -0.2) is 4.79 Å². The Balaban J connectivity index is 3.05. The second-order valence-electron chi connectivity index (χ2n) is 2.48. The Hall–Kier alpha value is -1.00. The second-order valence-corrected chi connectivity index (χ2v) is 3.33. The van der Waals surface area contributed by atoms with E-state index < -0.39 is 12.1 Å². The summed E-state index contributed by atoms with van der Waals surface area (Å²) in [6, 6.07) is 6.92. The van der Waals surface area contributed by atoms with Crippen LogP contribution in [0, 0.1) is 0 Å². The first-order valence-corrected chi connectivity index (χ1v) is 4.93. The highest BCUT2D eigenvalue weighted by molar-refractivity contribution is 7.98. The summed E-state index contributed by atoms with van der Waals surface area (Å²) in [6.45, 7) is 0. The van der Waals surface area contributed by atoms with Crippen molar-refractivity contribution in [3.8, 4) is 0 Å². The van der Waals surface area contributed by atoms with Gasteiger partial charge in [-0.15, -0.1) is 11.8 Å². The van der Waals surface area contributed by atoms with E-state index in [1.807, 2.05) is 12.3 Å². The quantitative estimate of drug-likeness (QED) is 0.723. The number of carboxylic acid groups (broad SMARTS) is 1. The molecule has 1 aromatic carbocycles. The number of aliphatic carboxylic acids is 1. The molecule has 1 rings (SSSR count). The van der Waals surface area contributed by atoms with E-state index in [1.54, 1.807) is 18.2 Å². The Morgan fingerprint density at radius 1 is 1.46 bits per heavy atom. The van der Waals surface area contributed by atoms with E-state index in [9.17, 15) is 9.90 Å². The lowest BCUT2D eigenvalue weighted by Gasteiger charge is -2.09. The Kier molecular flexibility index (Phi) is 3.33. The minimum absolute atomic E-state index is 0.447. The molecule has 1 atom stereocenters. The minimum Gasteiger partial charge on any atom is -0.479 e. The van der Waals surface area contributed by atoms with Crippen molar-refractivity contribution in [2.24, 2.45) is 0 Å². The zero-order chi connectivity index (χ0) is 9.84. The molecule has 0 amide bonds. The van der Waals surface area contributed by atoms with Crippen molar-refractivity contribution in [1.29, 1.82) is 0 Å². The van der Waals surface area contributed by atoms with Gasteiger partial charge in [-0.05, 0) is 12.3 Å². The standard InChI is InChI=1S/C9H10O3S/c1-13-7-5-3-2-4-6(7)8(10)9(11)12/h2-5,8,10H,1H3,(H,11,12). The van der Waals surface area contributed by atoms with Crippen LogP contribution in [0.15, 0.2) is 29.2 Å². The maximum atomic E-state index is 10.5. The maximum Gasteiger partial charge on any atom is 0.337 e. The third-order valence-corrected chi connectivity index (χ3v) is 2.48. The number of rotatable bonds is 3. The summed E-state index contributed by atoms with van der Waals surface area (Å²) in [7, 11) is 0. The SMILES string of the molecule is CSc1ccccc1C(O)C(=O)O. The van der Waals surface area contributed by atoms with E-state index in [4.69, 9.17) is 5.11 Å². The van der Waals surface area contributed by atoms with Crippen LogP contribution in [0.4, 0.5) is 0 Å². The average molecular weight is 198 g/mol. The van der Waals surface area contributed by atoms with E-state index >= 15 is 0 Å². The van der Waals surface area contributed by atoms with Crippen LogP contribution in [0.1, 0.15) is 11.7 Å². The highest BCUT2D eigenvalue weighted by Crippen LogP contribution is 2.25. The van der Waals surface area contributed by atoms with Gasteiger partial charge in [0.05, 0.1) is 0 Å². The number of aliphatic hydroxyl groups is 1. The zero-order valence-corrected chi connectivity index (χ0v) is 7.91. The van der Waals surface area contributed by atoms with E-state index in [-0.39, 0.29) is 0 Å². The Bertz CT molecular complexity index is 311. The molecule has 0 aromatic heterocycles. The van der Waals surface area contributed by atoms with Gasteiger partial charge < -0.3 is 10.2 Å². The lowest BCUT2D eigenvalue weighted by Crippen LogP contribution is -2.11. The summed E-state index contributed by atoms with van der Waals surface area (Å²) in [6.07, 6.45) is 0.414. The number of carboxylic acids is 1. The van der Waals surface area contributed by atoms with Gasteiger partial charge in [-0.3, -0.25) is 0 Å². The summed E-state index contributed by atoms with van der Waals surface area (Å²) in [5.74, 6) is -1.22. The van der Waals surface area contributed by atoms with Crippen molar-refractivity contribution in [3.05, 3.63) is 29.8 Å². The molecule has 0 saturated heterocycles. The van der Waals surface area contributed by atoms with Crippen molar-refractivity contribution in [3.63, 3.8) is 0 Å². The molecule has 1 aromatic rings. The van der Waals surface area contributed by atoms with Crippen molar-refractivity contribution in [2.75, 3.05) is 6.26 Å². The maximum absolute atomic E-state index is 10.5. The molecule has 0 saturated carbocycles. The van der Waals surface area contributed by atoms with Crippen molar-refractivity contribution in [1.82, 2.24) is 0 Å². The Morgan fingerprint density at radius 2 is 2.08 bits per heavy atom. The molecule has 0 fully saturated rings. The van der Waals surface area contributed by atoms with Gasteiger partial charge in [0.2, 0.25) is 0 Å². The predicted octanol–water partition coefficient (Wildman–Crippen LogP) is 1.53. The topological polar surface area (TPSA) is 57.5 Å². The molecule has 0 aliphatic carbocycles. The van der Waals surface area contributed by atoms with Gasteiger partial charge in [0.25, 0.3) is 0 Å². The molecule has 0 bridgehead atoms. The monoisotopic (exact) mass is 198 g/mol. The van der Waals surface area contributed by atoms with Gasteiger partial charge in [-0.1, -0.05) is 18.2 Å². The summed E-state index contributed by atoms with van der Waals surface area (Å²) in [5, 5.41) is 17.9. The number of aliphatic hydroxyl groups excluding tert-OH is 1. The number of hydrogen-bond acceptors (Lipinski definition) is 3. The van der Waals surface area contributed by atoms with Crippen molar-refractivity contribution >= 4 is 17.7 Å². The summed E-state index contributed by atoms with van der Waals surface area (Å²) in [4.78, 5) is 11.3. The molecule has 70 valence electrons. The molecule has 0 heterocycles. The van der Waals surface area contributed by atoms with Crippen LogP contribution in [0.5, 0.6) is 0 Å². The first-order valence-electron chi connectivity index (χ1n) is 3.70. The summed E-state index contributed by atoms with van der Waals surface area (Å²) in [5.41, 5.74) is 0.447. The van der Waals surface area contributed by atoms with Crippen LogP contribution in [0.25, 0.3) is 0 Å². The molecule has 0 spiro atoms.